The molecule has 0 radical (unpaired) electrons. The molecule has 2 nitrogen and oxygen atoms in total. The van der Waals surface area contributed by atoms with Gasteiger partial charge in [0.25, 0.3) is 0 Å². The molecule has 2 heteroatoms. The molecule has 1 saturated heterocycles. The van der Waals surface area contributed by atoms with Crippen molar-refractivity contribution < 1.29 is 9.84 Å². The highest BCUT2D eigenvalue weighted by Crippen LogP contribution is 2.35. The van der Waals surface area contributed by atoms with Crippen molar-refractivity contribution in [1.29, 1.82) is 0 Å². The van der Waals surface area contributed by atoms with E-state index in [0.29, 0.717) is 6.42 Å². The van der Waals surface area contributed by atoms with Crippen LogP contribution in [-0.2, 0) is 11.2 Å². The van der Waals surface area contributed by atoms with Gasteiger partial charge in [0.05, 0.1) is 12.7 Å². The number of aliphatic hydroxyl groups is 1. The van der Waals surface area contributed by atoms with Gasteiger partial charge in [0.1, 0.15) is 0 Å². The molecule has 0 spiro atoms. The third-order valence-corrected chi connectivity index (χ3v) is 4.17. The first-order valence-corrected chi connectivity index (χ1v) is 7.48. The van der Waals surface area contributed by atoms with Gasteiger partial charge in [-0.3, -0.25) is 0 Å². The molecule has 0 bridgehead atoms. The molecule has 1 aromatic rings. The number of terminal acetylenes is 1. The van der Waals surface area contributed by atoms with Crippen LogP contribution >= 0.6 is 0 Å². The Kier molecular flexibility index (Phi) is 5.64. The summed E-state index contributed by atoms with van der Waals surface area (Å²) >= 11 is 0. The molecule has 2 rings (SSSR count). The van der Waals surface area contributed by atoms with Crippen molar-refractivity contribution in [3.05, 3.63) is 35.9 Å². The van der Waals surface area contributed by atoms with Gasteiger partial charge in [-0.2, -0.15) is 0 Å². The van der Waals surface area contributed by atoms with Crippen LogP contribution in [0.15, 0.2) is 30.3 Å². The zero-order valence-electron chi connectivity index (χ0n) is 12.1. The van der Waals surface area contributed by atoms with E-state index < -0.39 is 0 Å². The van der Waals surface area contributed by atoms with Crippen molar-refractivity contribution in [2.45, 2.75) is 44.6 Å². The van der Waals surface area contributed by atoms with E-state index in [0.717, 1.165) is 32.3 Å². The molecule has 0 amide bonds. The van der Waals surface area contributed by atoms with Gasteiger partial charge >= 0.3 is 0 Å². The summed E-state index contributed by atoms with van der Waals surface area (Å²) < 4.78 is 5.84. The lowest BCUT2D eigenvalue weighted by molar-refractivity contribution is -0.0274. The number of hydrogen-bond acceptors (Lipinski definition) is 2. The first-order valence-electron chi connectivity index (χ1n) is 7.48. The quantitative estimate of drug-likeness (QED) is 0.806. The number of hydrogen-bond donors (Lipinski definition) is 1. The average molecular weight is 272 g/mol. The maximum atomic E-state index is 9.95. The van der Waals surface area contributed by atoms with E-state index in [2.05, 4.69) is 18.1 Å². The van der Waals surface area contributed by atoms with Crippen LogP contribution in [0.4, 0.5) is 0 Å². The zero-order chi connectivity index (χ0) is 14.3. The summed E-state index contributed by atoms with van der Waals surface area (Å²) in [5.74, 6) is 2.75. The van der Waals surface area contributed by atoms with Crippen molar-refractivity contribution in [3.8, 4) is 12.3 Å². The van der Waals surface area contributed by atoms with E-state index >= 15 is 0 Å². The summed E-state index contributed by atoms with van der Waals surface area (Å²) in [6.45, 7) is 0.958. The molecular formula is C18H24O2. The van der Waals surface area contributed by atoms with Crippen LogP contribution < -0.4 is 0 Å². The van der Waals surface area contributed by atoms with E-state index in [1.54, 1.807) is 0 Å². The van der Waals surface area contributed by atoms with Crippen molar-refractivity contribution in [2.24, 2.45) is 5.41 Å². The molecule has 0 saturated carbocycles. The second kappa shape index (κ2) is 7.47. The highest BCUT2D eigenvalue weighted by atomic mass is 16.5. The Balaban J connectivity index is 2.09. The summed E-state index contributed by atoms with van der Waals surface area (Å²) in [7, 11) is 0. The minimum atomic E-state index is -0.252. The van der Waals surface area contributed by atoms with E-state index in [1.807, 2.05) is 18.2 Å². The maximum absolute atomic E-state index is 9.95. The van der Waals surface area contributed by atoms with E-state index in [4.69, 9.17) is 11.2 Å². The smallest absolute Gasteiger partial charge is 0.0581 e. The Labute approximate surface area is 122 Å². The first-order chi connectivity index (χ1) is 9.78. The molecule has 108 valence electrons. The zero-order valence-corrected chi connectivity index (χ0v) is 12.1. The van der Waals surface area contributed by atoms with E-state index in [9.17, 15) is 5.11 Å². The van der Waals surface area contributed by atoms with Crippen molar-refractivity contribution in [3.63, 3.8) is 0 Å². The molecule has 1 heterocycles. The van der Waals surface area contributed by atoms with Crippen molar-refractivity contribution in [2.75, 3.05) is 13.2 Å². The van der Waals surface area contributed by atoms with E-state index in [-0.39, 0.29) is 18.1 Å². The number of benzene rings is 1. The largest absolute Gasteiger partial charge is 0.396 e. The van der Waals surface area contributed by atoms with Crippen LogP contribution in [-0.4, -0.2) is 24.4 Å². The second-order valence-electron chi connectivity index (χ2n) is 5.89. The number of aliphatic hydroxyl groups excluding tert-OH is 1. The van der Waals surface area contributed by atoms with Crippen molar-refractivity contribution in [1.82, 2.24) is 0 Å². The van der Waals surface area contributed by atoms with Gasteiger partial charge in [-0.15, -0.1) is 12.3 Å². The molecule has 2 atom stereocenters. The van der Waals surface area contributed by atoms with Crippen LogP contribution in [0.1, 0.15) is 37.7 Å². The van der Waals surface area contributed by atoms with E-state index in [1.165, 1.54) is 12.0 Å². The van der Waals surface area contributed by atoms with Gasteiger partial charge in [-0.1, -0.05) is 30.3 Å². The monoisotopic (exact) mass is 272 g/mol. The highest BCUT2D eigenvalue weighted by Gasteiger charge is 2.33. The maximum Gasteiger partial charge on any atom is 0.0581 e. The topological polar surface area (TPSA) is 29.5 Å². The minimum absolute atomic E-state index is 0.117. The lowest BCUT2D eigenvalue weighted by atomic mass is 9.74. The molecule has 0 aromatic heterocycles. The third kappa shape index (κ3) is 4.10. The Hall–Kier alpha value is -1.30. The lowest BCUT2D eigenvalue weighted by Gasteiger charge is -2.35. The molecule has 1 aliphatic rings. The summed E-state index contributed by atoms with van der Waals surface area (Å²) in [5.41, 5.74) is 0.977. The molecule has 1 aromatic carbocycles. The Bertz CT molecular complexity index is 428. The summed E-state index contributed by atoms with van der Waals surface area (Å²) in [6, 6.07) is 10.3. The van der Waals surface area contributed by atoms with Crippen LogP contribution in [0.2, 0.25) is 0 Å². The predicted octanol–water partition coefficient (Wildman–Crippen LogP) is 3.19. The average Bonchev–Trinajstić information content (AvgIpc) is 2.49. The molecule has 2 unspecified atom stereocenters. The predicted molar refractivity (Wildman–Crippen MR) is 81.3 cm³/mol. The third-order valence-electron chi connectivity index (χ3n) is 4.17. The number of rotatable bonds is 6. The molecular weight excluding hydrogens is 248 g/mol. The first kappa shape index (κ1) is 15.1. The van der Waals surface area contributed by atoms with Gasteiger partial charge < -0.3 is 9.84 Å². The Morgan fingerprint density at radius 3 is 2.70 bits per heavy atom. The van der Waals surface area contributed by atoms with Crippen molar-refractivity contribution >= 4 is 0 Å². The molecule has 1 N–H and O–H groups in total. The highest BCUT2D eigenvalue weighted by molar-refractivity contribution is 5.17. The summed E-state index contributed by atoms with van der Waals surface area (Å²) in [4.78, 5) is 0. The minimum Gasteiger partial charge on any atom is -0.396 e. The van der Waals surface area contributed by atoms with Crippen LogP contribution in [0.3, 0.4) is 0 Å². The molecule has 1 fully saturated rings. The van der Waals surface area contributed by atoms with Gasteiger partial charge in [0.2, 0.25) is 0 Å². The fourth-order valence-electron chi connectivity index (χ4n) is 3.08. The Morgan fingerprint density at radius 2 is 2.10 bits per heavy atom. The second-order valence-corrected chi connectivity index (χ2v) is 5.89. The van der Waals surface area contributed by atoms with Crippen LogP contribution in [0.25, 0.3) is 0 Å². The van der Waals surface area contributed by atoms with Crippen LogP contribution in [0.5, 0.6) is 0 Å². The van der Waals surface area contributed by atoms with Gasteiger partial charge in [0.15, 0.2) is 0 Å². The summed E-state index contributed by atoms with van der Waals surface area (Å²) in [6.07, 6.45) is 11.5. The Morgan fingerprint density at radius 1 is 1.30 bits per heavy atom. The van der Waals surface area contributed by atoms with Gasteiger partial charge in [0, 0.05) is 18.4 Å². The fraction of sp³-hybridized carbons (Fsp3) is 0.556. The standard InChI is InChI=1S/C18H24O2/c1-2-11-18(15-19,13-16-8-4-3-5-9-16)14-17-10-6-7-12-20-17/h1,3-5,8-9,17,19H,6-7,10-15H2. The molecule has 20 heavy (non-hydrogen) atoms. The fourth-order valence-corrected chi connectivity index (χ4v) is 3.08. The SMILES string of the molecule is C#CCC(CO)(Cc1ccccc1)CC1CCCCO1. The van der Waals surface area contributed by atoms with Gasteiger partial charge in [-0.05, 0) is 37.7 Å². The normalized spacial score (nSPS) is 21.9. The summed E-state index contributed by atoms with van der Waals surface area (Å²) in [5, 5.41) is 9.95. The van der Waals surface area contributed by atoms with Gasteiger partial charge in [-0.25, -0.2) is 0 Å². The molecule has 1 aliphatic heterocycles. The molecule has 0 aliphatic carbocycles. The lowest BCUT2D eigenvalue weighted by Crippen LogP contribution is -2.35. The number of ether oxygens (including phenoxy) is 1. The van der Waals surface area contributed by atoms with Crippen LogP contribution in [0, 0.1) is 17.8 Å².